The number of hydrogen-bond acceptors (Lipinski definition) is 4. The Hall–Kier alpha value is -2.82. The molecule has 0 fully saturated rings. The summed E-state index contributed by atoms with van der Waals surface area (Å²) in [6, 6.07) is 13.9. The van der Waals surface area contributed by atoms with Crippen LogP contribution >= 0.6 is 0 Å². The molecular weight excluding hydrogens is 272 g/mol. The lowest BCUT2D eigenvalue weighted by molar-refractivity contribution is 0.0503. The lowest BCUT2D eigenvalue weighted by Crippen LogP contribution is -2.12. The molecule has 0 aliphatic heterocycles. The van der Waals surface area contributed by atoms with E-state index in [0.717, 1.165) is 23.1 Å². The number of rotatable bonds is 2. The molecule has 0 spiro atoms. The third-order valence-electron chi connectivity index (χ3n) is 3.46. The average Bonchev–Trinajstić information content (AvgIpc) is 2.83. The van der Waals surface area contributed by atoms with E-state index in [9.17, 15) is 9.59 Å². The first kappa shape index (κ1) is 13.2. The summed E-state index contributed by atoms with van der Waals surface area (Å²) in [4.78, 5) is 21.4. The van der Waals surface area contributed by atoms with Gasteiger partial charge >= 0.3 is 12.3 Å². The number of carbonyl (C=O) groups is 2. The predicted octanol–water partition coefficient (Wildman–Crippen LogP) is 3.59. The standard InChI is InChI=1S/C16H12O5/c17-15(18)21-16(19)20-9-11-5-3-7-13-12-6-2-1-4-10(12)8-14(11)13/h1-7H,8-9H2,(H,17,18). The van der Waals surface area contributed by atoms with Gasteiger partial charge in [0, 0.05) is 0 Å². The van der Waals surface area contributed by atoms with Gasteiger partial charge in [-0.05, 0) is 34.2 Å². The molecule has 2 aromatic rings. The summed E-state index contributed by atoms with van der Waals surface area (Å²) >= 11 is 0. The fourth-order valence-electron chi connectivity index (χ4n) is 2.60. The molecule has 106 valence electrons. The molecule has 2 aromatic carbocycles. The molecule has 5 heteroatoms. The second-order valence-corrected chi connectivity index (χ2v) is 4.68. The fraction of sp³-hybridized carbons (Fsp3) is 0.125. The van der Waals surface area contributed by atoms with Crippen molar-refractivity contribution in [3.63, 3.8) is 0 Å². The summed E-state index contributed by atoms with van der Waals surface area (Å²) in [5.41, 5.74) is 5.49. The molecule has 0 heterocycles. The van der Waals surface area contributed by atoms with Gasteiger partial charge in [-0.25, -0.2) is 9.59 Å². The van der Waals surface area contributed by atoms with Crippen LogP contribution in [0, 0.1) is 0 Å². The first-order chi connectivity index (χ1) is 10.1. The third-order valence-corrected chi connectivity index (χ3v) is 3.46. The Morgan fingerprint density at radius 3 is 2.62 bits per heavy atom. The summed E-state index contributed by atoms with van der Waals surface area (Å²) in [5, 5.41) is 8.33. The van der Waals surface area contributed by atoms with Crippen molar-refractivity contribution in [3.8, 4) is 11.1 Å². The van der Waals surface area contributed by atoms with E-state index in [4.69, 9.17) is 9.84 Å². The van der Waals surface area contributed by atoms with Gasteiger partial charge in [0.1, 0.15) is 6.61 Å². The maximum absolute atomic E-state index is 11.1. The first-order valence-electron chi connectivity index (χ1n) is 6.41. The molecule has 1 aliphatic carbocycles. The van der Waals surface area contributed by atoms with Crippen LogP contribution in [0.15, 0.2) is 42.5 Å². The Labute approximate surface area is 120 Å². The smallest absolute Gasteiger partial charge is 0.449 e. The van der Waals surface area contributed by atoms with E-state index in [2.05, 4.69) is 16.9 Å². The number of hydrogen-bond donors (Lipinski definition) is 1. The van der Waals surface area contributed by atoms with Crippen molar-refractivity contribution < 1.29 is 24.2 Å². The van der Waals surface area contributed by atoms with Gasteiger partial charge in [-0.2, -0.15) is 0 Å². The van der Waals surface area contributed by atoms with Gasteiger partial charge in [0.05, 0.1) is 0 Å². The van der Waals surface area contributed by atoms with Crippen LogP contribution in [0.5, 0.6) is 0 Å². The zero-order valence-electron chi connectivity index (χ0n) is 11.0. The monoisotopic (exact) mass is 284 g/mol. The molecule has 0 saturated heterocycles. The van der Waals surface area contributed by atoms with Crippen LogP contribution in [0.25, 0.3) is 11.1 Å². The number of ether oxygens (including phenoxy) is 2. The van der Waals surface area contributed by atoms with Crippen LogP contribution in [0.2, 0.25) is 0 Å². The van der Waals surface area contributed by atoms with E-state index in [-0.39, 0.29) is 6.61 Å². The molecule has 0 aromatic heterocycles. The van der Waals surface area contributed by atoms with Crippen LogP contribution in [-0.4, -0.2) is 17.4 Å². The molecule has 0 bridgehead atoms. The second-order valence-electron chi connectivity index (χ2n) is 4.68. The Balaban J connectivity index is 1.81. The van der Waals surface area contributed by atoms with E-state index in [1.54, 1.807) is 0 Å². The Morgan fingerprint density at radius 2 is 1.81 bits per heavy atom. The molecule has 1 aliphatic rings. The number of carboxylic acid groups (broad SMARTS) is 1. The van der Waals surface area contributed by atoms with E-state index in [1.807, 2.05) is 30.3 Å². The van der Waals surface area contributed by atoms with E-state index in [1.165, 1.54) is 11.1 Å². The summed E-state index contributed by atoms with van der Waals surface area (Å²) in [5.74, 6) is 0. The van der Waals surface area contributed by atoms with Gasteiger partial charge in [-0.15, -0.1) is 0 Å². The molecular formula is C16H12O5. The first-order valence-corrected chi connectivity index (χ1v) is 6.41. The quantitative estimate of drug-likeness (QED) is 0.575. The minimum atomic E-state index is -1.68. The molecule has 0 amide bonds. The van der Waals surface area contributed by atoms with Gasteiger partial charge in [0.15, 0.2) is 0 Å². The minimum Gasteiger partial charge on any atom is -0.449 e. The largest absolute Gasteiger partial charge is 0.518 e. The van der Waals surface area contributed by atoms with Gasteiger partial charge in [0.2, 0.25) is 0 Å². The highest BCUT2D eigenvalue weighted by atomic mass is 16.8. The highest BCUT2D eigenvalue weighted by molar-refractivity contribution is 5.78. The maximum atomic E-state index is 11.1. The number of fused-ring (bicyclic) bond motifs is 3. The molecule has 5 nitrogen and oxygen atoms in total. The highest BCUT2D eigenvalue weighted by Crippen LogP contribution is 2.38. The van der Waals surface area contributed by atoms with Crippen molar-refractivity contribution >= 4 is 12.3 Å². The van der Waals surface area contributed by atoms with E-state index < -0.39 is 12.3 Å². The molecule has 0 unspecified atom stereocenters. The van der Waals surface area contributed by atoms with Crippen molar-refractivity contribution in [1.29, 1.82) is 0 Å². The molecule has 0 atom stereocenters. The van der Waals surface area contributed by atoms with Crippen molar-refractivity contribution in [2.75, 3.05) is 0 Å². The Kier molecular flexibility index (Phi) is 3.31. The molecule has 21 heavy (non-hydrogen) atoms. The highest BCUT2D eigenvalue weighted by Gasteiger charge is 2.21. The molecule has 0 saturated carbocycles. The zero-order chi connectivity index (χ0) is 14.8. The summed E-state index contributed by atoms with van der Waals surface area (Å²) in [6.07, 6.45) is -2.11. The Morgan fingerprint density at radius 1 is 1.05 bits per heavy atom. The van der Waals surface area contributed by atoms with Gasteiger partial charge in [-0.1, -0.05) is 42.5 Å². The molecule has 3 rings (SSSR count). The van der Waals surface area contributed by atoms with Crippen LogP contribution < -0.4 is 0 Å². The van der Waals surface area contributed by atoms with Crippen molar-refractivity contribution in [2.24, 2.45) is 0 Å². The van der Waals surface area contributed by atoms with Crippen LogP contribution in [-0.2, 0) is 22.5 Å². The second kappa shape index (κ2) is 5.28. The van der Waals surface area contributed by atoms with E-state index in [0.29, 0.717) is 0 Å². The van der Waals surface area contributed by atoms with Crippen LogP contribution in [0.4, 0.5) is 9.59 Å². The normalized spacial score (nSPS) is 11.4. The van der Waals surface area contributed by atoms with Crippen LogP contribution in [0.1, 0.15) is 16.7 Å². The minimum absolute atomic E-state index is 0.0106. The Bertz CT molecular complexity index is 720. The summed E-state index contributed by atoms with van der Waals surface area (Å²) in [6.45, 7) is -0.0106. The van der Waals surface area contributed by atoms with Gasteiger partial charge in [0.25, 0.3) is 0 Å². The van der Waals surface area contributed by atoms with Crippen LogP contribution in [0.3, 0.4) is 0 Å². The third kappa shape index (κ3) is 2.58. The topological polar surface area (TPSA) is 72.8 Å². The number of carbonyl (C=O) groups excluding carboxylic acids is 1. The SMILES string of the molecule is O=C(O)OC(=O)OCc1cccc2c1Cc1ccccc1-2. The van der Waals surface area contributed by atoms with E-state index >= 15 is 0 Å². The molecule has 1 N–H and O–H groups in total. The summed E-state index contributed by atoms with van der Waals surface area (Å²) < 4.78 is 8.73. The summed E-state index contributed by atoms with van der Waals surface area (Å²) in [7, 11) is 0. The predicted molar refractivity (Wildman–Crippen MR) is 74.0 cm³/mol. The number of benzene rings is 2. The van der Waals surface area contributed by atoms with Crippen molar-refractivity contribution in [3.05, 3.63) is 59.2 Å². The zero-order valence-corrected chi connectivity index (χ0v) is 11.0. The van der Waals surface area contributed by atoms with Crippen molar-refractivity contribution in [1.82, 2.24) is 0 Å². The maximum Gasteiger partial charge on any atom is 0.518 e. The van der Waals surface area contributed by atoms with Gasteiger partial charge < -0.3 is 14.6 Å². The van der Waals surface area contributed by atoms with Crippen molar-refractivity contribution in [2.45, 2.75) is 13.0 Å². The fourth-order valence-corrected chi connectivity index (χ4v) is 2.60. The average molecular weight is 284 g/mol. The van der Waals surface area contributed by atoms with Gasteiger partial charge in [-0.3, -0.25) is 0 Å². The lowest BCUT2D eigenvalue weighted by Gasteiger charge is -2.08. The molecule has 0 radical (unpaired) electrons. The lowest BCUT2D eigenvalue weighted by atomic mass is 10.0.